The van der Waals surface area contributed by atoms with Crippen molar-refractivity contribution in [1.82, 2.24) is 0 Å². The van der Waals surface area contributed by atoms with Crippen LogP contribution >= 0.6 is 0 Å². The molecule has 4 nitrogen and oxygen atoms in total. The summed E-state index contributed by atoms with van der Waals surface area (Å²) >= 11 is 11.8. The van der Waals surface area contributed by atoms with Gasteiger partial charge in [-0.25, -0.2) is 0 Å². The van der Waals surface area contributed by atoms with Crippen molar-refractivity contribution < 1.29 is 16.5 Å². The first-order valence-electron chi connectivity index (χ1n) is 3.39. The Labute approximate surface area is 131 Å². The van der Waals surface area contributed by atoms with Crippen LogP contribution in [0.25, 0.3) is 0 Å². The van der Waals surface area contributed by atoms with Gasteiger partial charge in [0.05, 0.1) is 0 Å². The van der Waals surface area contributed by atoms with Crippen LogP contribution in [0.1, 0.15) is 0 Å². The van der Waals surface area contributed by atoms with Crippen molar-refractivity contribution in [2.24, 2.45) is 0 Å². The molecule has 0 radical (unpaired) electrons. The Bertz CT molecular complexity index is 398. The van der Waals surface area contributed by atoms with Crippen LogP contribution in [0.15, 0.2) is 19.6 Å². The van der Waals surface area contributed by atoms with E-state index in [1.807, 2.05) is 0 Å². The van der Waals surface area contributed by atoms with Crippen LogP contribution in [0.3, 0.4) is 0 Å². The Morgan fingerprint density at radius 3 is 0.765 bits per heavy atom. The molecule has 0 aliphatic carbocycles. The molecule has 0 rings (SSSR count). The summed E-state index contributed by atoms with van der Waals surface area (Å²) in [5.41, 5.74) is 0.0802. The van der Waals surface area contributed by atoms with E-state index in [-0.39, 0.29) is 27.6 Å². The van der Waals surface area contributed by atoms with Crippen molar-refractivity contribution in [3.8, 4) is 24.3 Å². The van der Waals surface area contributed by atoms with E-state index in [2.05, 4.69) is 50.5 Å². The maximum absolute atomic E-state index is 8.10. The molecular weight excluding hydrogens is 339 g/mol. The smallest absolute Gasteiger partial charge is 0.191 e. The predicted molar refractivity (Wildman–Crippen MR) is 77.1 cm³/mol. The van der Waals surface area contributed by atoms with E-state index < -0.39 is 0 Å². The van der Waals surface area contributed by atoms with Gasteiger partial charge >= 0.3 is 25.0 Å². The van der Waals surface area contributed by atoms with Crippen LogP contribution in [-0.2, 0) is 67.0 Å². The summed E-state index contributed by atoms with van der Waals surface area (Å²) in [7, 11) is 0. The van der Waals surface area contributed by atoms with E-state index in [4.69, 9.17) is 21.0 Å². The number of nitrogens with zero attached hydrogens (tertiary/aromatic N) is 4. The fraction of sp³-hybridized carbons (Fsp3) is 0. The first kappa shape index (κ1) is 21.6. The van der Waals surface area contributed by atoms with Gasteiger partial charge in [-0.05, 0) is 0 Å². The predicted octanol–water partition coefficient (Wildman–Crippen LogP) is -1.47. The summed E-state index contributed by atoms with van der Waals surface area (Å²) in [6.45, 7) is 0. The van der Waals surface area contributed by atoms with Crippen molar-refractivity contribution in [3.05, 3.63) is 19.6 Å². The first-order valence-corrected chi connectivity index (χ1v) is 5.39. The van der Waals surface area contributed by atoms with Gasteiger partial charge in [0, 0.05) is 50.5 Å². The molecular formula is C8H8N4NiS4+6. The van der Waals surface area contributed by atoms with E-state index in [0.29, 0.717) is 8.47 Å². The minimum Gasteiger partial charge on any atom is -0.191 e. The van der Waals surface area contributed by atoms with E-state index in [1.54, 1.807) is 24.3 Å². The molecule has 0 aromatic heterocycles. The molecule has 0 fully saturated rings. The second kappa shape index (κ2) is 13.4. The number of allylic oxidation sites excluding steroid dienone is 2. The van der Waals surface area contributed by atoms with E-state index >= 15 is 0 Å². The Morgan fingerprint density at radius 1 is 0.588 bits per heavy atom. The van der Waals surface area contributed by atoms with Crippen LogP contribution in [0.5, 0.6) is 0 Å². The van der Waals surface area contributed by atoms with Crippen LogP contribution in [-0.4, -0.2) is 0 Å². The van der Waals surface area contributed by atoms with Gasteiger partial charge in [0.25, 0.3) is 0 Å². The second-order valence-corrected chi connectivity index (χ2v) is 4.95. The molecule has 0 heterocycles. The summed E-state index contributed by atoms with van der Waals surface area (Å²) in [5.74, 6) is 0. The molecule has 0 saturated carbocycles. The summed E-state index contributed by atoms with van der Waals surface area (Å²) in [6, 6.07) is 6.69. The molecule has 0 aliphatic rings. The third-order valence-electron chi connectivity index (χ3n) is 0.947. The van der Waals surface area contributed by atoms with E-state index in [9.17, 15) is 0 Å². The van der Waals surface area contributed by atoms with Gasteiger partial charge in [-0.15, -0.1) is 0 Å². The fourth-order valence-electron chi connectivity index (χ4n) is 0.274. The number of hydrogen-bond donors (Lipinski definition) is 0. The maximum atomic E-state index is 8.10. The minimum atomic E-state index is 0. The van der Waals surface area contributed by atoms with Crippen LogP contribution in [0.2, 0.25) is 0 Å². The van der Waals surface area contributed by atoms with Crippen molar-refractivity contribution in [3.63, 3.8) is 0 Å². The molecule has 0 aliphatic heterocycles. The van der Waals surface area contributed by atoms with Crippen molar-refractivity contribution in [1.29, 1.82) is 21.0 Å². The average molecular weight is 347 g/mol. The van der Waals surface area contributed by atoms with Gasteiger partial charge in [-0.1, -0.05) is 0 Å². The van der Waals surface area contributed by atoms with Gasteiger partial charge in [0.2, 0.25) is 11.1 Å². The monoisotopic (exact) mass is 346 g/mol. The quantitative estimate of drug-likeness (QED) is 0.304. The molecule has 0 spiro atoms. The summed E-state index contributed by atoms with van der Waals surface area (Å²) in [6.07, 6.45) is 0. The summed E-state index contributed by atoms with van der Waals surface area (Å²) < 4.78 is 0.769. The normalized spacial score (nSPS) is 6.12. The number of rotatable bonds is 0. The molecule has 0 bridgehead atoms. The van der Waals surface area contributed by atoms with Crippen molar-refractivity contribution in [2.75, 3.05) is 0 Å². The third-order valence-corrected chi connectivity index (χ3v) is 1.95. The second-order valence-electron chi connectivity index (χ2n) is 1.95. The van der Waals surface area contributed by atoms with Crippen LogP contribution < -0.4 is 0 Å². The van der Waals surface area contributed by atoms with Crippen LogP contribution in [0.4, 0.5) is 0 Å². The standard InChI is InChI=1S/2C4H2N2S2.Ni/c2*5-1-3(2-6)4(7)8;/h2*7-8H;/q;;+2/p+4. The Morgan fingerprint density at radius 2 is 0.765 bits per heavy atom. The van der Waals surface area contributed by atoms with Gasteiger partial charge in [0.1, 0.15) is 24.3 Å². The Balaban J connectivity index is -0.000000218. The van der Waals surface area contributed by atoms with Crippen molar-refractivity contribution in [2.45, 2.75) is 0 Å². The molecule has 0 aromatic carbocycles. The van der Waals surface area contributed by atoms with E-state index in [0.717, 1.165) is 0 Å². The molecule has 0 amide bonds. The van der Waals surface area contributed by atoms with Crippen LogP contribution in [0, 0.1) is 45.3 Å². The zero-order valence-corrected chi connectivity index (χ0v) is 13.1. The van der Waals surface area contributed by atoms with Gasteiger partial charge in [-0.2, -0.15) is 21.0 Å². The molecule has 9 heteroatoms. The fourth-order valence-corrected chi connectivity index (χ4v) is 0.721. The summed E-state index contributed by atoms with van der Waals surface area (Å²) in [4.78, 5) is 0. The Hall–Kier alpha value is -0.666. The molecule has 88 valence electrons. The molecule has 0 saturated heterocycles. The molecule has 17 heavy (non-hydrogen) atoms. The first-order chi connectivity index (χ1) is 7.44. The number of hydrogen-bond acceptors (Lipinski definition) is 4. The van der Waals surface area contributed by atoms with Gasteiger partial charge < -0.3 is 0 Å². The zero-order valence-electron chi connectivity index (χ0n) is 8.11. The zero-order chi connectivity index (χ0) is 13.1. The van der Waals surface area contributed by atoms with Crippen molar-refractivity contribution >= 4 is 50.5 Å². The summed E-state index contributed by atoms with van der Waals surface area (Å²) in [5, 5.41) is 32.4. The topological polar surface area (TPSA) is 95.2 Å². The largest absolute Gasteiger partial charge is 2.00 e. The van der Waals surface area contributed by atoms with E-state index in [1.165, 1.54) is 0 Å². The third kappa shape index (κ3) is 11.6. The molecule has 0 atom stereocenters. The molecule has 0 N–H and O–H groups in total. The van der Waals surface area contributed by atoms with Gasteiger partial charge in [0.15, 0.2) is 0 Å². The maximum Gasteiger partial charge on any atom is 2.00 e. The average Bonchev–Trinajstić information content (AvgIpc) is 2.21. The number of nitriles is 4. The molecule has 0 unspecified atom stereocenters. The SMILES string of the molecule is N#CC(C#N)=C([SH2+])[SH2+].N#CC(C#N)=C([SH2+])[SH2+].[Ni+2]. The molecule has 0 aromatic rings. The minimum absolute atomic E-state index is 0. The Kier molecular flexibility index (Phi) is 17.0. The van der Waals surface area contributed by atoms with Gasteiger partial charge in [-0.3, -0.25) is 0 Å².